The fourth-order valence-electron chi connectivity index (χ4n) is 5.76. The second-order valence-corrected chi connectivity index (χ2v) is 10.7. The minimum absolute atomic E-state index is 0. The van der Waals surface area contributed by atoms with Crippen LogP contribution in [0.5, 0.6) is 0 Å². The van der Waals surface area contributed by atoms with Crippen molar-refractivity contribution in [1.29, 1.82) is 0 Å². The zero-order valence-corrected chi connectivity index (χ0v) is 26.8. The van der Waals surface area contributed by atoms with Crippen LogP contribution in [0.4, 0.5) is 0 Å². The molecule has 0 amide bonds. The summed E-state index contributed by atoms with van der Waals surface area (Å²) >= 11 is 0. The fourth-order valence-corrected chi connectivity index (χ4v) is 5.76. The molecule has 0 atom stereocenters. The number of hydrogen-bond donors (Lipinski definition) is 2. The van der Waals surface area contributed by atoms with Crippen LogP contribution in [0.1, 0.15) is 84.6 Å². The van der Waals surface area contributed by atoms with E-state index in [0.717, 1.165) is 66.6 Å². The van der Waals surface area contributed by atoms with Gasteiger partial charge in [-0.2, -0.15) is 0 Å². The average molecular weight is 756 g/mol. The molecule has 3 aromatic rings. The molecule has 43 heavy (non-hydrogen) atoms. The standard InChI is InChI=1S/C34H34N4O4.Pt/c1-7-21-17(3)25-13-26-19(5)23(9-11-33(39)40)31(37-26)16-32-24(10-12-34(41)42)20(6)28(38-32)15-30-22(8-2)18(4)27(36-30)14-29(21)35-25;/h7-8,13-16,35-36H,1-2,9-12H2,3-6H3,(H,39,40)(H,41,42);/q;+2/p-2. The van der Waals surface area contributed by atoms with Gasteiger partial charge in [-0.25, -0.2) is 9.97 Å². The molecule has 0 saturated carbocycles. The molecule has 0 spiro atoms. The molecule has 5 heterocycles. The van der Waals surface area contributed by atoms with Gasteiger partial charge in [-0.1, -0.05) is 25.3 Å². The molecule has 0 aromatic carbocycles. The molecule has 0 fully saturated rings. The van der Waals surface area contributed by atoms with Crippen molar-refractivity contribution >= 4 is 68.4 Å². The van der Waals surface area contributed by atoms with Gasteiger partial charge in [-0.05, 0) is 111 Å². The van der Waals surface area contributed by atoms with Crippen LogP contribution >= 0.6 is 0 Å². The van der Waals surface area contributed by atoms with Gasteiger partial charge in [0.15, 0.2) is 0 Å². The van der Waals surface area contributed by atoms with Crippen LogP contribution in [0.3, 0.4) is 0 Å². The van der Waals surface area contributed by atoms with Gasteiger partial charge in [0.05, 0.1) is 22.8 Å². The molecule has 2 N–H and O–H groups in total. The third-order valence-corrected chi connectivity index (χ3v) is 8.20. The third kappa shape index (κ3) is 5.97. The number of aromatic amines is 2. The summed E-state index contributed by atoms with van der Waals surface area (Å²) in [5.74, 6) is -2.29. The molecule has 5 rings (SSSR count). The van der Waals surface area contributed by atoms with E-state index in [1.54, 1.807) is 6.08 Å². The molecule has 8 bridgehead atoms. The van der Waals surface area contributed by atoms with Gasteiger partial charge in [0.1, 0.15) is 0 Å². The summed E-state index contributed by atoms with van der Waals surface area (Å²) in [6, 6.07) is 7.78. The van der Waals surface area contributed by atoms with E-state index in [1.165, 1.54) is 0 Å². The van der Waals surface area contributed by atoms with E-state index in [2.05, 4.69) is 23.1 Å². The van der Waals surface area contributed by atoms with Crippen molar-refractivity contribution < 1.29 is 40.9 Å². The van der Waals surface area contributed by atoms with Crippen molar-refractivity contribution in [2.24, 2.45) is 0 Å². The van der Waals surface area contributed by atoms with E-state index >= 15 is 0 Å². The van der Waals surface area contributed by atoms with Gasteiger partial charge in [-0.15, -0.1) is 0 Å². The molecule has 8 nitrogen and oxygen atoms in total. The minimum Gasteiger partial charge on any atom is -0.550 e. The Morgan fingerprint density at radius 3 is 1.49 bits per heavy atom. The molecule has 0 radical (unpaired) electrons. The first kappa shape index (κ1) is 31.6. The molecule has 9 heteroatoms. The van der Waals surface area contributed by atoms with Crippen LogP contribution in [0, 0.1) is 13.8 Å². The van der Waals surface area contributed by atoms with Crippen molar-refractivity contribution in [3.05, 3.63) is 82.5 Å². The number of carboxylic acid groups (broad SMARTS) is 2. The van der Waals surface area contributed by atoms with E-state index in [1.807, 2.05) is 58.0 Å². The first-order valence-corrected chi connectivity index (χ1v) is 13.8. The number of carbonyl (C=O) groups is 2. The van der Waals surface area contributed by atoms with Crippen molar-refractivity contribution in [3.8, 4) is 0 Å². The van der Waals surface area contributed by atoms with Gasteiger partial charge in [0, 0.05) is 45.1 Å². The fraction of sp³-hybridized carbons (Fsp3) is 0.235. The number of nitrogens with zero attached hydrogens (tertiary/aromatic N) is 2. The molecular weight excluding hydrogens is 723 g/mol. The van der Waals surface area contributed by atoms with Crippen LogP contribution in [0.2, 0.25) is 0 Å². The number of aliphatic carboxylic acids is 2. The van der Waals surface area contributed by atoms with Gasteiger partial charge >= 0.3 is 21.1 Å². The summed E-state index contributed by atoms with van der Waals surface area (Å²) < 4.78 is 0. The maximum absolute atomic E-state index is 11.4. The van der Waals surface area contributed by atoms with E-state index in [4.69, 9.17) is 9.97 Å². The number of rotatable bonds is 8. The molecule has 2 aliphatic rings. The molecular formula is C34H32N4O4Pt. The zero-order valence-electron chi connectivity index (χ0n) is 24.6. The second kappa shape index (κ2) is 12.5. The number of hydrogen-bond acceptors (Lipinski definition) is 6. The number of allylic oxidation sites excluding steroid dienone is 4. The van der Waals surface area contributed by atoms with Gasteiger partial charge in [-0.3, -0.25) is 0 Å². The minimum atomic E-state index is -1.15. The molecule has 0 unspecified atom stereocenters. The van der Waals surface area contributed by atoms with Crippen molar-refractivity contribution in [2.75, 3.05) is 0 Å². The summed E-state index contributed by atoms with van der Waals surface area (Å²) in [6.45, 7) is 16.0. The quantitative estimate of drug-likeness (QED) is 0.327. The van der Waals surface area contributed by atoms with E-state index in [0.29, 0.717) is 22.8 Å². The summed E-state index contributed by atoms with van der Waals surface area (Å²) in [4.78, 5) is 39.7. The Hall–Kier alpha value is -4.29. The monoisotopic (exact) mass is 755 g/mol. The van der Waals surface area contributed by atoms with E-state index in [-0.39, 0.29) is 46.7 Å². The predicted octanol–water partition coefficient (Wildman–Crippen LogP) is 5.14. The van der Waals surface area contributed by atoms with Crippen LogP contribution < -0.4 is 10.2 Å². The van der Waals surface area contributed by atoms with Crippen molar-refractivity contribution in [1.82, 2.24) is 19.9 Å². The largest absolute Gasteiger partial charge is 2.00 e. The number of aryl methyl sites for hydroxylation is 2. The number of fused-ring (bicyclic) bond motifs is 8. The SMILES string of the molecule is C=Cc1c(C)c2cc3[nH]c(cc4nc(cc5nc(cc1[nH]2)C(C)=C5CCC(=O)[O-])C(CCC(=O)[O-])=C4C)c(C)c3C=C.[Pt+2]. The van der Waals surface area contributed by atoms with Crippen LogP contribution in [0.15, 0.2) is 37.4 Å². The maximum Gasteiger partial charge on any atom is 2.00 e. The Labute approximate surface area is 264 Å². The number of H-pyrrole nitrogens is 2. The molecule has 2 aliphatic heterocycles. The maximum atomic E-state index is 11.4. The molecule has 3 aromatic heterocycles. The van der Waals surface area contributed by atoms with E-state index in [9.17, 15) is 19.8 Å². The Bertz CT molecular complexity index is 1920. The summed E-state index contributed by atoms with van der Waals surface area (Å²) in [6.07, 6.45) is 3.79. The van der Waals surface area contributed by atoms with Gasteiger partial charge < -0.3 is 29.8 Å². The van der Waals surface area contributed by atoms with Crippen LogP contribution in [-0.4, -0.2) is 31.9 Å². The molecule has 0 saturated heterocycles. The Kier molecular flexibility index (Phi) is 9.21. The number of carboxylic acids is 2. The summed E-state index contributed by atoms with van der Waals surface area (Å²) in [5.41, 5.74) is 13.3. The summed E-state index contributed by atoms with van der Waals surface area (Å²) in [7, 11) is 0. The number of carbonyl (C=O) groups excluding carboxylic acids is 2. The molecule has 222 valence electrons. The topological polar surface area (TPSA) is 138 Å². The number of nitrogens with one attached hydrogen (secondary N) is 2. The van der Waals surface area contributed by atoms with Crippen LogP contribution in [-0.2, 0) is 30.7 Å². The second-order valence-electron chi connectivity index (χ2n) is 10.7. The third-order valence-electron chi connectivity index (χ3n) is 8.20. The smallest absolute Gasteiger partial charge is 0.550 e. The Morgan fingerprint density at radius 1 is 0.674 bits per heavy atom. The number of aromatic nitrogens is 4. The average Bonchev–Trinajstić information content (AvgIpc) is 3.59. The van der Waals surface area contributed by atoms with Crippen molar-refractivity contribution in [2.45, 2.75) is 53.4 Å². The first-order chi connectivity index (χ1) is 20.0. The molecule has 0 aliphatic carbocycles. The van der Waals surface area contributed by atoms with Crippen molar-refractivity contribution in [3.63, 3.8) is 0 Å². The normalized spacial score (nSPS) is 12.7. The van der Waals surface area contributed by atoms with Gasteiger partial charge in [0.2, 0.25) is 0 Å². The van der Waals surface area contributed by atoms with Crippen LogP contribution in [0.25, 0.3) is 56.5 Å². The predicted molar refractivity (Wildman–Crippen MR) is 164 cm³/mol. The summed E-state index contributed by atoms with van der Waals surface area (Å²) in [5, 5.41) is 22.8. The van der Waals surface area contributed by atoms with E-state index < -0.39 is 11.9 Å². The van der Waals surface area contributed by atoms with Gasteiger partial charge in [0.25, 0.3) is 0 Å². The Balaban J connectivity index is 0.00000423. The first-order valence-electron chi connectivity index (χ1n) is 13.8. The Morgan fingerprint density at radius 2 is 1.07 bits per heavy atom. The zero-order chi connectivity index (χ0) is 30.3.